The van der Waals surface area contributed by atoms with Crippen LogP contribution in [0.1, 0.15) is 44.1 Å². The highest BCUT2D eigenvalue weighted by atomic mass is 79.9. The molecule has 5 nitrogen and oxygen atoms in total. The SMILES string of the molecule is COc1cc(CNC23CC4CC(CC(C4)C2)C3)cc(Br)c1OCC(N)=O.Cl. The molecule has 0 radical (unpaired) electrons. The lowest BCUT2D eigenvalue weighted by molar-refractivity contribution is -0.119. The Labute approximate surface area is 175 Å². The first-order valence-corrected chi connectivity index (χ1v) is 10.3. The molecule has 0 atom stereocenters. The number of hydrogen-bond donors (Lipinski definition) is 2. The van der Waals surface area contributed by atoms with E-state index < -0.39 is 5.91 Å². The second-order valence-electron chi connectivity index (χ2n) is 8.42. The van der Waals surface area contributed by atoms with Crippen LogP contribution in [0.25, 0.3) is 0 Å². The Morgan fingerprint density at radius 3 is 2.33 bits per heavy atom. The average molecular weight is 460 g/mol. The van der Waals surface area contributed by atoms with Crippen LogP contribution in [-0.2, 0) is 11.3 Å². The summed E-state index contributed by atoms with van der Waals surface area (Å²) in [4.78, 5) is 11.0. The van der Waals surface area contributed by atoms with Crippen molar-refractivity contribution in [1.29, 1.82) is 0 Å². The van der Waals surface area contributed by atoms with Crippen molar-refractivity contribution in [2.75, 3.05) is 13.7 Å². The molecule has 0 heterocycles. The number of primary amides is 1. The van der Waals surface area contributed by atoms with Crippen molar-refractivity contribution in [2.24, 2.45) is 23.5 Å². The minimum Gasteiger partial charge on any atom is -0.493 e. The quantitative estimate of drug-likeness (QED) is 0.650. The molecule has 7 heteroatoms. The average Bonchev–Trinajstić information content (AvgIpc) is 2.57. The van der Waals surface area contributed by atoms with E-state index >= 15 is 0 Å². The van der Waals surface area contributed by atoms with E-state index in [0.717, 1.165) is 34.3 Å². The van der Waals surface area contributed by atoms with Gasteiger partial charge in [0.1, 0.15) is 0 Å². The lowest BCUT2D eigenvalue weighted by atomic mass is 9.53. The minimum atomic E-state index is -0.508. The number of methoxy groups -OCH3 is 1. The van der Waals surface area contributed by atoms with E-state index in [0.29, 0.717) is 17.0 Å². The summed E-state index contributed by atoms with van der Waals surface area (Å²) in [6, 6.07) is 4.01. The van der Waals surface area contributed by atoms with Gasteiger partial charge in [-0.25, -0.2) is 0 Å². The highest BCUT2D eigenvalue weighted by Crippen LogP contribution is 2.55. The summed E-state index contributed by atoms with van der Waals surface area (Å²) in [5.41, 5.74) is 6.65. The van der Waals surface area contributed by atoms with E-state index in [1.54, 1.807) is 7.11 Å². The number of carbonyl (C=O) groups is 1. The van der Waals surface area contributed by atoms with E-state index in [1.165, 1.54) is 38.5 Å². The standard InChI is InChI=1S/C20H27BrN2O3.ClH/c1-25-17-6-15(5-16(21)19(17)26-11-18(22)24)10-23-20-7-12-2-13(8-20)4-14(3-12)9-20;/h5-6,12-14,23H,2-4,7-11H2,1H3,(H2,22,24);1H. The smallest absolute Gasteiger partial charge is 0.255 e. The van der Waals surface area contributed by atoms with Gasteiger partial charge in [-0.2, -0.15) is 0 Å². The molecule has 4 fully saturated rings. The summed E-state index contributed by atoms with van der Waals surface area (Å²) in [6.07, 6.45) is 8.34. The number of ether oxygens (including phenoxy) is 2. The van der Waals surface area contributed by atoms with Crippen LogP contribution in [-0.4, -0.2) is 25.2 Å². The second-order valence-corrected chi connectivity index (χ2v) is 9.27. The molecule has 1 aromatic carbocycles. The van der Waals surface area contributed by atoms with Gasteiger partial charge in [0.25, 0.3) is 5.91 Å². The van der Waals surface area contributed by atoms with E-state index in [9.17, 15) is 4.79 Å². The monoisotopic (exact) mass is 458 g/mol. The van der Waals surface area contributed by atoms with Crippen LogP contribution in [0.15, 0.2) is 16.6 Å². The number of hydrogen-bond acceptors (Lipinski definition) is 4. The molecule has 1 aromatic rings. The van der Waals surface area contributed by atoms with Crippen LogP contribution in [0, 0.1) is 17.8 Å². The van der Waals surface area contributed by atoms with Gasteiger partial charge in [0, 0.05) is 12.1 Å². The normalized spacial score (nSPS) is 30.7. The Morgan fingerprint density at radius 2 is 1.81 bits per heavy atom. The maximum absolute atomic E-state index is 11.0. The number of nitrogens with one attached hydrogen (secondary N) is 1. The summed E-state index contributed by atoms with van der Waals surface area (Å²) in [5, 5.41) is 3.90. The number of halogens is 2. The second kappa shape index (κ2) is 8.18. The van der Waals surface area contributed by atoms with Gasteiger partial charge in [0.2, 0.25) is 0 Å². The van der Waals surface area contributed by atoms with Crippen molar-refractivity contribution in [3.05, 3.63) is 22.2 Å². The molecule has 0 spiro atoms. The molecule has 4 aliphatic rings. The molecule has 150 valence electrons. The van der Waals surface area contributed by atoms with Crippen molar-refractivity contribution in [1.82, 2.24) is 5.32 Å². The fourth-order valence-electron chi connectivity index (χ4n) is 5.78. The molecule has 0 aromatic heterocycles. The Balaban J connectivity index is 0.00000210. The van der Waals surface area contributed by atoms with Gasteiger partial charge in [0.15, 0.2) is 18.1 Å². The summed E-state index contributed by atoms with van der Waals surface area (Å²) >= 11 is 3.54. The highest BCUT2D eigenvalue weighted by molar-refractivity contribution is 9.10. The highest BCUT2D eigenvalue weighted by Gasteiger charge is 2.50. The summed E-state index contributed by atoms with van der Waals surface area (Å²) < 4.78 is 11.7. The third-order valence-corrected chi connectivity index (χ3v) is 6.94. The predicted octanol–water partition coefficient (Wildman–Crippen LogP) is 3.80. The Morgan fingerprint density at radius 1 is 1.22 bits per heavy atom. The molecule has 1 amide bonds. The van der Waals surface area contributed by atoms with E-state index in [1.807, 2.05) is 12.1 Å². The van der Waals surface area contributed by atoms with Crippen molar-refractivity contribution in [3.63, 3.8) is 0 Å². The molecule has 0 unspecified atom stereocenters. The van der Waals surface area contributed by atoms with Crippen LogP contribution < -0.4 is 20.5 Å². The lowest BCUT2D eigenvalue weighted by Crippen LogP contribution is -2.58. The first-order chi connectivity index (χ1) is 12.5. The van der Waals surface area contributed by atoms with Crippen LogP contribution in [0.4, 0.5) is 0 Å². The zero-order chi connectivity index (χ0) is 18.3. The van der Waals surface area contributed by atoms with Gasteiger partial charge < -0.3 is 20.5 Å². The van der Waals surface area contributed by atoms with Gasteiger partial charge in [-0.15, -0.1) is 12.4 Å². The van der Waals surface area contributed by atoms with Gasteiger partial charge in [-0.1, -0.05) is 0 Å². The summed E-state index contributed by atoms with van der Waals surface area (Å²) in [5.74, 6) is 3.41. The Kier molecular flexibility index (Phi) is 6.28. The van der Waals surface area contributed by atoms with E-state index in [4.69, 9.17) is 15.2 Å². The predicted molar refractivity (Wildman–Crippen MR) is 110 cm³/mol. The van der Waals surface area contributed by atoms with Crippen LogP contribution >= 0.6 is 28.3 Å². The third-order valence-electron chi connectivity index (χ3n) is 6.35. The Bertz CT molecular complexity index is 677. The van der Waals surface area contributed by atoms with Crippen molar-refractivity contribution in [2.45, 2.75) is 50.6 Å². The molecule has 27 heavy (non-hydrogen) atoms. The topological polar surface area (TPSA) is 73.6 Å². The van der Waals surface area contributed by atoms with Crippen LogP contribution in [0.5, 0.6) is 11.5 Å². The van der Waals surface area contributed by atoms with Gasteiger partial charge >= 0.3 is 0 Å². The zero-order valence-electron chi connectivity index (χ0n) is 15.6. The fraction of sp³-hybridized carbons (Fsp3) is 0.650. The largest absolute Gasteiger partial charge is 0.493 e. The van der Waals surface area contributed by atoms with Crippen LogP contribution in [0.2, 0.25) is 0 Å². The number of rotatable bonds is 7. The van der Waals surface area contributed by atoms with Crippen LogP contribution in [0.3, 0.4) is 0 Å². The number of benzene rings is 1. The van der Waals surface area contributed by atoms with Gasteiger partial charge in [-0.3, -0.25) is 4.79 Å². The summed E-state index contributed by atoms with van der Waals surface area (Å²) in [6.45, 7) is 0.650. The summed E-state index contributed by atoms with van der Waals surface area (Å²) in [7, 11) is 1.61. The first-order valence-electron chi connectivity index (χ1n) is 9.49. The lowest BCUT2D eigenvalue weighted by Gasteiger charge is -2.57. The van der Waals surface area contributed by atoms with Crippen molar-refractivity contribution in [3.8, 4) is 11.5 Å². The molecule has 4 bridgehead atoms. The van der Waals surface area contributed by atoms with E-state index in [-0.39, 0.29) is 19.0 Å². The first kappa shape index (κ1) is 20.7. The molecule has 3 N–H and O–H groups in total. The third kappa shape index (κ3) is 4.38. The van der Waals surface area contributed by atoms with Crippen molar-refractivity contribution >= 4 is 34.2 Å². The maximum atomic E-state index is 11.0. The minimum absolute atomic E-state index is 0. The number of carbonyl (C=O) groups excluding carboxylic acids is 1. The number of amides is 1. The number of nitrogens with two attached hydrogens (primary N) is 1. The molecule has 4 aliphatic carbocycles. The molecule has 4 saturated carbocycles. The van der Waals surface area contributed by atoms with E-state index in [2.05, 4.69) is 21.2 Å². The van der Waals surface area contributed by atoms with Gasteiger partial charge in [-0.05, 0) is 89.9 Å². The zero-order valence-corrected chi connectivity index (χ0v) is 18.0. The Hall–Kier alpha value is -0.980. The maximum Gasteiger partial charge on any atom is 0.255 e. The van der Waals surface area contributed by atoms with Crippen molar-refractivity contribution < 1.29 is 14.3 Å². The molecular weight excluding hydrogens is 432 g/mol. The molecule has 5 rings (SSSR count). The molecular formula is C20H28BrClN2O3. The van der Waals surface area contributed by atoms with Gasteiger partial charge in [0.05, 0.1) is 11.6 Å². The molecule has 0 saturated heterocycles. The fourth-order valence-corrected chi connectivity index (χ4v) is 6.38. The molecule has 0 aliphatic heterocycles.